The number of hydrogen-bond acceptors (Lipinski definition) is 2. The first-order chi connectivity index (χ1) is 7.44. The molecule has 0 saturated carbocycles. The fraction of sp³-hybridized carbons (Fsp3) is 0.429. The van der Waals surface area contributed by atoms with Gasteiger partial charge >= 0.3 is 0 Å². The molecule has 1 N–H and O–H groups in total. The molecule has 0 radical (unpaired) electrons. The second-order valence-electron chi connectivity index (χ2n) is 4.60. The van der Waals surface area contributed by atoms with Gasteiger partial charge in [-0.15, -0.1) is 0 Å². The minimum absolute atomic E-state index is 0.422. The van der Waals surface area contributed by atoms with Gasteiger partial charge in [0.05, 0.1) is 11.9 Å². The summed E-state index contributed by atoms with van der Waals surface area (Å²) >= 11 is 0. The molecule has 0 heterocycles. The Morgan fingerprint density at radius 3 is 2.44 bits per heavy atom. The van der Waals surface area contributed by atoms with E-state index in [9.17, 15) is 5.11 Å². The first-order valence-electron chi connectivity index (χ1n) is 5.48. The highest BCUT2D eigenvalue weighted by molar-refractivity contribution is 5.14. The lowest BCUT2D eigenvalue weighted by Gasteiger charge is -2.29. The van der Waals surface area contributed by atoms with Crippen molar-refractivity contribution >= 4 is 0 Å². The molecule has 2 nitrogen and oxygen atoms in total. The van der Waals surface area contributed by atoms with E-state index in [1.807, 2.05) is 44.2 Å². The Labute approximate surface area is 97.6 Å². The van der Waals surface area contributed by atoms with Crippen molar-refractivity contribution in [1.82, 2.24) is 0 Å². The van der Waals surface area contributed by atoms with Crippen LogP contribution in [0.1, 0.15) is 26.3 Å². The van der Waals surface area contributed by atoms with Gasteiger partial charge in [-0.3, -0.25) is 0 Å². The first kappa shape index (κ1) is 12.8. The van der Waals surface area contributed by atoms with Crippen LogP contribution in [-0.2, 0) is 11.3 Å². The van der Waals surface area contributed by atoms with Crippen LogP contribution in [-0.4, -0.2) is 11.2 Å². The van der Waals surface area contributed by atoms with E-state index in [-0.39, 0.29) is 0 Å². The molecule has 0 aliphatic rings. The summed E-state index contributed by atoms with van der Waals surface area (Å²) in [5.74, 6) is 0.617. The van der Waals surface area contributed by atoms with Crippen LogP contribution in [0.2, 0.25) is 0 Å². The smallest absolute Gasteiger partial charge is 0.113 e. The summed E-state index contributed by atoms with van der Waals surface area (Å²) in [4.78, 5) is 0. The largest absolute Gasteiger partial charge is 0.493 e. The van der Waals surface area contributed by atoms with Crippen molar-refractivity contribution in [3.05, 3.63) is 48.2 Å². The molecule has 88 valence electrons. The standard InChI is InChI=1S/C14H20O2/c1-11(15)14(3,4)12(2)16-10-13-8-6-5-7-9-13/h5-9,11,15H,2,10H2,1,3-4H3. The Balaban J connectivity index is 2.54. The quantitative estimate of drug-likeness (QED) is 0.772. The van der Waals surface area contributed by atoms with Crippen LogP contribution in [0, 0.1) is 5.41 Å². The van der Waals surface area contributed by atoms with Gasteiger partial charge in [0.15, 0.2) is 0 Å². The van der Waals surface area contributed by atoms with E-state index in [4.69, 9.17) is 4.74 Å². The van der Waals surface area contributed by atoms with Gasteiger partial charge < -0.3 is 9.84 Å². The SMILES string of the molecule is C=C(OCc1ccccc1)C(C)(C)C(C)O. The highest BCUT2D eigenvalue weighted by Gasteiger charge is 2.29. The number of ether oxygens (including phenoxy) is 1. The monoisotopic (exact) mass is 220 g/mol. The molecule has 2 heteroatoms. The van der Waals surface area contributed by atoms with E-state index in [2.05, 4.69) is 6.58 Å². The van der Waals surface area contributed by atoms with Gasteiger partial charge in [0.25, 0.3) is 0 Å². The number of rotatable bonds is 5. The van der Waals surface area contributed by atoms with Crippen molar-refractivity contribution in [3.8, 4) is 0 Å². The molecule has 0 saturated heterocycles. The summed E-state index contributed by atoms with van der Waals surface area (Å²) in [7, 11) is 0. The van der Waals surface area contributed by atoms with Gasteiger partial charge in [0.2, 0.25) is 0 Å². The molecule has 0 aromatic heterocycles. The number of hydrogen-bond donors (Lipinski definition) is 1. The minimum Gasteiger partial charge on any atom is -0.493 e. The lowest BCUT2D eigenvalue weighted by Crippen LogP contribution is -2.29. The van der Waals surface area contributed by atoms with Gasteiger partial charge in [0, 0.05) is 5.41 Å². The summed E-state index contributed by atoms with van der Waals surface area (Å²) < 4.78 is 5.60. The number of aliphatic hydroxyl groups is 1. The molecule has 0 spiro atoms. The van der Waals surface area contributed by atoms with Crippen molar-refractivity contribution in [3.63, 3.8) is 0 Å². The maximum absolute atomic E-state index is 9.61. The zero-order chi connectivity index (χ0) is 12.2. The number of aliphatic hydroxyl groups excluding tert-OH is 1. The van der Waals surface area contributed by atoms with E-state index in [1.165, 1.54) is 0 Å². The van der Waals surface area contributed by atoms with Crippen LogP contribution in [0.4, 0.5) is 0 Å². The van der Waals surface area contributed by atoms with Crippen LogP contribution in [0.3, 0.4) is 0 Å². The molecule has 16 heavy (non-hydrogen) atoms. The molecular weight excluding hydrogens is 200 g/mol. The Bertz CT molecular complexity index is 339. The Morgan fingerprint density at radius 2 is 1.94 bits per heavy atom. The van der Waals surface area contributed by atoms with Crippen molar-refractivity contribution in [1.29, 1.82) is 0 Å². The zero-order valence-electron chi connectivity index (χ0n) is 10.2. The van der Waals surface area contributed by atoms with E-state index in [0.29, 0.717) is 12.4 Å². The first-order valence-corrected chi connectivity index (χ1v) is 5.48. The molecule has 1 unspecified atom stereocenters. The molecule has 1 aromatic rings. The molecule has 1 aromatic carbocycles. The third-order valence-corrected chi connectivity index (χ3v) is 3.02. The topological polar surface area (TPSA) is 29.5 Å². The molecule has 0 bridgehead atoms. The van der Waals surface area contributed by atoms with Crippen molar-refractivity contribution in [2.24, 2.45) is 5.41 Å². The predicted octanol–water partition coefficient (Wildman–Crippen LogP) is 3.12. The Kier molecular flexibility index (Phi) is 4.13. The molecular formula is C14H20O2. The highest BCUT2D eigenvalue weighted by atomic mass is 16.5. The number of benzene rings is 1. The van der Waals surface area contributed by atoms with Crippen molar-refractivity contribution in [2.75, 3.05) is 0 Å². The maximum Gasteiger partial charge on any atom is 0.113 e. The van der Waals surface area contributed by atoms with Crippen molar-refractivity contribution < 1.29 is 9.84 Å². The molecule has 0 amide bonds. The van der Waals surface area contributed by atoms with Crippen LogP contribution < -0.4 is 0 Å². The zero-order valence-corrected chi connectivity index (χ0v) is 10.2. The average molecular weight is 220 g/mol. The lowest BCUT2D eigenvalue weighted by molar-refractivity contribution is 0.0340. The highest BCUT2D eigenvalue weighted by Crippen LogP contribution is 2.30. The predicted molar refractivity (Wildman–Crippen MR) is 65.8 cm³/mol. The molecule has 1 rings (SSSR count). The molecule has 1 atom stereocenters. The Morgan fingerprint density at radius 1 is 1.38 bits per heavy atom. The summed E-state index contributed by atoms with van der Waals surface area (Å²) in [6, 6.07) is 9.92. The fourth-order valence-electron chi connectivity index (χ4n) is 1.16. The Hall–Kier alpha value is -1.28. The third kappa shape index (κ3) is 3.11. The summed E-state index contributed by atoms with van der Waals surface area (Å²) in [6.07, 6.45) is -0.476. The maximum atomic E-state index is 9.61. The van der Waals surface area contributed by atoms with E-state index < -0.39 is 11.5 Å². The van der Waals surface area contributed by atoms with Gasteiger partial charge in [-0.25, -0.2) is 0 Å². The fourth-order valence-corrected chi connectivity index (χ4v) is 1.16. The van der Waals surface area contributed by atoms with Gasteiger partial charge in [-0.05, 0) is 12.5 Å². The normalized spacial score (nSPS) is 13.2. The molecule has 0 aliphatic carbocycles. The third-order valence-electron chi connectivity index (χ3n) is 3.02. The second kappa shape index (κ2) is 5.17. The van der Waals surface area contributed by atoms with Gasteiger partial charge in [-0.2, -0.15) is 0 Å². The van der Waals surface area contributed by atoms with Crippen LogP contribution in [0.15, 0.2) is 42.7 Å². The summed E-state index contributed by atoms with van der Waals surface area (Å²) in [5.41, 5.74) is 0.680. The van der Waals surface area contributed by atoms with Crippen LogP contribution >= 0.6 is 0 Å². The molecule has 0 fully saturated rings. The second-order valence-corrected chi connectivity index (χ2v) is 4.60. The van der Waals surface area contributed by atoms with Gasteiger partial charge in [0.1, 0.15) is 6.61 Å². The summed E-state index contributed by atoms with van der Waals surface area (Å²) in [5, 5.41) is 9.61. The van der Waals surface area contributed by atoms with E-state index in [1.54, 1.807) is 6.92 Å². The van der Waals surface area contributed by atoms with E-state index >= 15 is 0 Å². The molecule has 0 aliphatic heterocycles. The van der Waals surface area contributed by atoms with Gasteiger partial charge in [-0.1, -0.05) is 50.8 Å². The van der Waals surface area contributed by atoms with Crippen molar-refractivity contribution in [2.45, 2.75) is 33.5 Å². The lowest BCUT2D eigenvalue weighted by atomic mass is 9.86. The van der Waals surface area contributed by atoms with Crippen LogP contribution in [0.5, 0.6) is 0 Å². The van der Waals surface area contributed by atoms with E-state index in [0.717, 1.165) is 5.56 Å². The minimum atomic E-state index is -0.476. The summed E-state index contributed by atoms with van der Waals surface area (Å²) in [6.45, 7) is 9.97. The average Bonchev–Trinajstić information content (AvgIpc) is 2.27. The van der Waals surface area contributed by atoms with Crippen LogP contribution in [0.25, 0.3) is 0 Å².